The average molecular weight is 343 g/mol. The Morgan fingerprint density at radius 2 is 1.95 bits per heavy atom. The molecule has 0 unspecified atom stereocenters. The van der Waals surface area contributed by atoms with Crippen molar-refractivity contribution < 1.29 is 14.6 Å². The fraction of sp³-hybridized carbons (Fsp3) is 0.562. The third kappa shape index (κ3) is 5.25. The number of carbonyl (C=O) groups is 1. The summed E-state index contributed by atoms with van der Waals surface area (Å²) in [4.78, 5) is 11.9. The molecule has 0 aliphatic carbocycles. The highest BCUT2D eigenvalue weighted by Crippen LogP contribution is 2.28. The van der Waals surface area contributed by atoms with Crippen LogP contribution in [-0.2, 0) is 5.41 Å². The van der Waals surface area contributed by atoms with E-state index in [0.29, 0.717) is 17.5 Å². The third-order valence-corrected chi connectivity index (χ3v) is 3.55. The Morgan fingerprint density at radius 1 is 1.25 bits per heavy atom. The number of ketones is 1. The van der Waals surface area contributed by atoms with Crippen molar-refractivity contribution in [3.05, 3.63) is 29.3 Å². The van der Waals surface area contributed by atoms with Crippen molar-refractivity contribution in [2.24, 2.45) is 0 Å². The smallest absolute Gasteiger partial charge is 0.173 e. The monoisotopic (exact) mass is 342 g/mol. The Labute approximate surface area is 129 Å². The van der Waals surface area contributed by atoms with Gasteiger partial charge in [-0.3, -0.25) is 4.79 Å². The van der Waals surface area contributed by atoms with Gasteiger partial charge in [-0.25, -0.2) is 0 Å². The van der Waals surface area contributed by atoms with Crippen LogP contribution in [-0.4, -0.2) is 29.4 Å². The first-order valence-corrected chi connectivity index (χ1v) is 7.99. The van der Waals surface area contributed by atoms with Crippen LogP contribution in [0.15, 0.2) is 18.2 Å². The molecule has 20 heavy (non-hydrogen) atoms. The number of hydrogen-bond donors (Lipinski definition) is 1. The first kappa shape index (κ1) is 17.2. The SMILES string of the molecule is CC(C)(C)c1cc(OCCCCO)cc(C(=O)CBr)c1. The zero-order valence-corrected chi connectivity index (χ0v) is 14.0. The standard InChI is InChI=1S/C16H23BrO3/c1-16(2,3)13-8-12(15(19)11-17)9-14(10-13)20-7-5-4-6-18/h8-10,18H,4-7,11H2,1-3H3. The number of ether oxygens (including phenoxy) is 1. The highest BCUT2D eigenvalue weighted by molar-refractivity contribution is 9.09. The van der Waals surface area contributed by atoms with Crippen LogP contribution in [0.25, 0.3) is 0 Å². The lowest BCUT2D eigenvalue weighted by molar-refractivity contribution is 0.102. The van der Waals surface area contributed by atoms with Crippen LogP contribution in [0.4, 0.5) is 0 Å². The van der Waals surface area contributed by atoms with E-state index in [-0.39, 0.29) is 17.8 Å². The summed E-state index contributed by atoms with van der Waals surface area (Å²) in [5.74, 6) is 0.774. The number of benzene rings is 1. The van der Waals surface area contributed by atoms with E-state index in [1.165, 1.54) is 0 Å². The van der Waals surface area contributed by atoms with Crippen LogP contribution in [0.1, 0.15) is 49.5 Å². The van der Waals surface area contributed by atoms with Crippen molar-refractivity contribution in [2.75, 3.05) is 18.5 Å². The zero-order valence-electron chi connectivity index (χ0n) is 12.4. The molecule has 0 spiro atoms. The summed E-state index contributed by atoms with van der Waals surface area (Å²) >= 11 is 3.21. The largest absolute Gasteiger partial charge is 0.494 e. The van der Waals surface area contributed by atoms with Crippen LogP contribution < -0.4 is 4.74 Å². The van der Waals surface area contributed by atoms with Crippen molar-refractivity contribution in [3.63, 3.8) is 0 Å². The Morgan fingerprint density at radius 3 is 2.50 bits per heavy atom. The van der Waals surface area contributed by atoms with Gasteiger partial charge in [0.15, 0.2) is 5.78 Å². The third-order valence-electron chi connectivity index (χ3n) is 3.04. The zero-order chi connectivity index (χ0) is 15.2. The molecule has 0 atom stereocenters. The molecular weight excluding hydrogens is 320 g/mol. The molecule has 1 aromatic rings. The maximum absolute atomic E-state index is 11.9. The van der Waals surface area contributed by atoms with Crippen molar-refractivity contribution >= 4 is 21.7 Å². The predicted molar refractivity (Wildman–Crippen MR) is 85.1 cm³/mol. The molecule has 0 heterocycles. The highest BCUT2D eigenvalue weighted by atomic mass is 79.9. The molecule has 0 bridgehead atoms. The number of aliphatic hydroxyl groups is 1. The van der Waals surface area contributed by atoms with Crippen LogP contribution in [0.2, 0.25) is 0 Å². The van der Waals surface area contributed by atoms with E-state index in [1.54, 1.807) is 6.07 Å². The van der Waals surface area contributed by atoms with Crippen molar-refractivity contribution in [1.29, 1.82) is 0 Å². The van der Waals surface area contributed by atoms with Gasteiger partial charge in [-0.15, -0.1) is 0 Å². The van der Waals surface area contributed by atoms with E-state index in [1.807, 2.05) is 12.1 Å². The molecule has 3 nitrogen and oxygen atoms in total. The summed E-state index contributed by atoms with van der Waals surface area (Å²) in [6.45, 7) is 7.07. The van der Waals surface area contributed by atoms with Crippen molar-refractivity contribution in [1.82, 2.24) is 0 Å². The van der Waals surface area contributed by atoms with Gasteiger partial charge in [0.2, 0.25) is 0 Å². The van der Waals surface area contributed by atoms with E-state index in [2.05, 4.69) is 36.7 Å². The molecule has 0 fully saturated rings. The van der Waals surface area contributed by atoms with Crippen LogP contribution in [0.5, 0.6) is 5.75 Å². The molecule has 0 radical (unpaired) electrons. The Bertz CT molecular complexity index is 450. The second-order valence-corrected chi connectivity index (χ2v) is 6.39. The van der Waals surface area contributed by atoms with E-state index in [9.17, 15) is 4.79 Å². The van der Waals surface area contributed by atoms with Gasteiger partial charge in [-0.2, -0.15) is 0 Å². The Balaban J connectivity index is 2.95. The lowest BCUT2D eigenvalue weighted by atomic mass is 9.85. The number of Topliss-reactive ketones (excluding diaryl/α,β-unsaturated/α-hetero) is 1. The van der Waals surface area contributed by atoms with Gasteiger partial charge >= 0.3 is 0 Å². The lowest BCUT2D eigenvalue weighted by Crippen LogP contribution is -2.13. The molecule has 1 N–H and O–H groups in total. The first-order valence-electron chi connectivity index (χ1n) is 6.87. The Hall–Kier alpha value is -0.870. The van der Waals surface area contributed by atoms with E-state index < -0.39 is 0 Å². The highest BCUT2D eigenvalue weighted by Gasteiger charge is 2.17. The summed E-state index contributed by atoms with van der Waals surface area (Å²) in [6.07, 6.45) is 1.53. The quantitative estimate of drug-likeness (QED) is 0.466. The van der Waals surface area contributed by atoms with Gasteiger partial charge < -0.3 is 9.84 Å². The van der Waals surface area contributed by atoms with Crippen molar-refractivity contribution in [2.45, 2.75) is 39.0 Å². The number of carbonyl (C=O) groups excluding carboxylic acids is 1. The molecule has 4 heteroatoms. The summed E-state index contributed by atoms with van der Waals surface area (Å²) < 4.78 is 5.70. The molecule has 0 aliphatic rings. The van der Waals surface area contributed by atoms with E-state index in [4.69, 9.17) is 9.84 Å². The Kier molecular flexibility index (Phi) is 6.69. The molecule has 0 saturated heterocycles. The number of halogens is 1. The molecule has 0 saturated carbocycles. The van der Waals surface area contributed by atoms with E-state index in [0.717, 1.165) is 24.2 Å². The van der Waals surface area contributed by atoms with Crippen molar-refractivity contribution in [3.8, 4) is 5.75 Å². The number of aliphatic hydroxyl groups excluding tert-OH is 1. The topological polar surface area (TPSA) is 46.5 Å². The minimum atomic E-state index is -0.0359. The lowest BCUT2D eigenvalue weighted by Gasteiger charge is -2.21. The van der Waals surface area contributed by atoms with Gasteiger partial charge in [-0.05, 0) is 42.0 Å². The normalized spacial score (nSPS) is 11.4. The number of alkyl halides is 1. The molecule has 0 aromatic heterocycles. The van der Waals surface area contributed by atoms with Crippen LogP contribution >= 0.6 is 15.9 Å². The average Bonchev–Trinajstić information content (AvgIpc) is 2.41. The van der Waals surface area contributed by atoms with E-state index >= 15 is 0 Å². The van der Waals surface area contributed by atoms with Gasteiger partial charge in [0.1, 0.15) is 5.75 Å². The predicted octanol–water partition coefficient (Wildman–Crippen LogP) is 3.71. The maximum Gasteiger partial charge on any atom is 0.173 e. The van der Waals surface area contributed by atoms with Gasteiger partial charge in [-0.1, -0.05) is 36.7 Å². The second kappa shape index (κ2) is 7.79. The van der Waals surface area contributed by atoms with Crippen LogP contribution in [0.3, 0.4) is 0 Å². The summed E-state index contributed by atoms with van der Waals surface area (Å²) in [5.41, 5.74) is 1.72. The number of rotatable bonds is 7. The molecule has 1 rings (SSSR count). The number of hydrogen-bond acceptors (Lipinski definition) is 3. The summed E-state index contributed by atoms with van der Waals surface area (Å²) in [5, 5.41) is 9.07. The second-order valence-electron chi connectivity index (χ2n) is 5.83. The number of unbranched alkanes of at least 4 members (excludes halogenated alkanes) is 1. The van der Waals surface area contributed by atoms with Gasteiger partial charge in [0.25, 0.3) is 0 Å². The molecular formula is C16H23BrO3. The fourth-order valence-electron chi connectivity index (χ4n) is 1.76. The van der Waals surface area contributed by atoms with Gasteiger partial charge in [0, 0.05) is 12.2 Å². The van der Waals surface area contributed by atoms with Crippen LogP contribution in [0, 0.1) is 0 Å². The fourth-order valence-corrected chi connectivity index (χ4v) is 2.08. The summed E-state index contributed by atoms with van der Waals surface area (Å²) in [6, 6.07) is 5.71. The molecule has 0 aliphatic heterocycles. The van der Waals surface area contributed by atoms with Gasteiger partial charge in [0.05, 0.1) is 11.9 Å². The molecule has 112 valence electrons. The minimum absolute atomic E-state index is 0.0359. The molecule has 0 amide bonds. The summed E-state index contributed by atoms with van der Waals surface area (Å²) in [7, 11) is 0. The minimum Gasteiger partial charge on any atom is -0.494 e. The first-order chi connectivity index (χ1) is 9.38. The molecule has 1 aromatic carbocycles. The maximum atomic E-state index is 11.9.